The van der Waals surface area contributed by atoms with Crippen LogP contribution in [0, 0.1) is 5.92 Å². The normalized spacial score (nSPS) is 21.9. The minimum atomic E-state index is -3.38. The molecule has 1 heterocycles. The third-order valence-electron chi connectivity index (χ3n) is 1.34. The zero-order valence-corrected chi connectivity index (χ0v) is 6.84. The Kier molecular flexibility index (Phi) is 2.83. The van der Waals surface area contributed by atoms with Crippen molar-refractivity contribution in [2.45, 2.75) is 0 Å². The topological polar surface area (TPSA) is 78.6 Å². The van der Waals surface area contributed by atoms with Crippen LogP contribution in [0.2, 0.25) is 0 Å². The number of hydrogen-bond acceptors (Lipinski definition) is 4. The van der Waals surface area contributed by atoms with Crippen LogP contribution in [0.5, 0.6) is 0 Å². The van der Waals surface area contributed by atoms with E-state index in [4.69, 9.17) is 14.6 Å². The molecular weight excluding hydrogens is 170 g/mol. The van der Waals surface area contributed by atoms with Gasteiger partial charge in [-0.05, 0) is 0 Å². The highest BCUT2D eigenvalue weighted by Crippen LogP contribution is 2.06. The highest BCUT2D eigenvalue weighted by Gasteiger charge is 2.19. The molecule has 0 radical (unpaired) electrons. The summed E-state index contributed by atoms with van der Waals surface area (Å²) >= 11 is 0. The summed E-state index contributed by atoms with van der Waals surface area (Å²) in [7, 11) is -3.38. The van der Waals surface area contributed by atoms with Gasteiger partial charge in [0.2, 0.25) is 10.0 Å². The van der Waals surface area contributed by atoms with Crippen LogP contribution in [-0.2, 0) is 19.5 Å². The summed E-state index contributed by atoms with van der Waals surface area (Å²) in [4.78, 5) is 0. The van der Waals surface area contributed by atoms with Crippen molar-refractivity contribution in [2.75, 3.05) is 25.8 Å². The molecule has 1 aliphatic heterocycles. The van der Waals surface area contributed by atoms with E-state index in [1.54, 1.807) is 0 Å². The van der Waals surface area contributed by atoms with Gasteiger partial charge in [0.1, 0.15) is 6.79 Å². The maximum atomic E-state index is 10.6. The molecule has 1 aliphatic rings. The summed E-state index contributed by atoms with van der Waals surface area (Å²) in [6.07, 6.45) is 0. The highest BCUT2D eigenvalue weighted by molar-refractivity contribution is 7.89. The number of nitrogens with two attached hydrogens (primary N) is 1. The Labute approximate surface area is 65.5 Å². The number of primary sulfonamides is 1. The first-order valence-electron chi connectivity index (χ1n) is 3.24. The largest absolute Gasteiger partial charge is 0.355 e. The zero-order valence-electron chi connectivity index (χ0n) is 6.02. The van der Waals surface area contributed by atoms with Gasteiger partial charge in [-0.15, -0.1) is 0 Å². The third-order valence-corrected chi connectivity index (χ3v) is 2.28. The van der Waals surface area contributed by atoms with Crippen LogP contribution in [0.15, 0.2) is 0 Å². The molecule has 0 unspecified atom stereocenters. The summed E-state index contributed by atoms with van der Waals surface area (Å²) in [6.45, 7) is 1.08. The molecular formula is C5H11NO4S. The van der Waals surface area contributed by atoms with Crippen LogP contribution >= 0.6 is 0 Å². The molecule has 6 heteroatoms. The standard InChI is InChI=1S/C5H11NO4S/c6-11(7,8)3-5-1-9-4-10-2-5/h5H,1-4H2,(H2,6,7,8). The van der Waals surface area contributed by atoms with E-state index in [1.807, 2.05) is 0 Å². The average molecular weight is 181 g/mol. The van der Waals surface area contributed by atoms with Crippen molar-refractivity contribution in [3.05, 3.63) is 0 Å². The molecule has 11 heavy (non-hydrogen) atoms. The fourth-order valence-corrected chi connectivity index (χ4v) is 1.81. The monoisotopic (exact) mass is 181 g/mol. The number of ether oxygens (including phenoxy) is 2. The van der Waals surface area contributed by atoms with Crippen molar-refractivity contribution in [1.82, 2.24) is 0 Å². The number of hydrogen-bond donors (Lipinski definition) is 1. The SMILES string of the molecule is NS(=O)(=O)CC1COCOC1. The van der Waals surface area contributed by atoms with E-state index < -0.39 is 10.0 Å². The second kappa shape index (κ2) is 3.48. The average Bonchev–Trinajstić information content (AvgIpc) is 1.85. The van der Waals surface area contributed by atoms with E-state index >= 15 is 0 Å². The van der Waals surface area contributed by atoms with Gasteiger partial charge in [0.05, 0.1) is 19.0 Å². The first kappa shape index (κ1) is 8.92. The van der Waals surface area contributed by atoms with Crippen LogP contribution < -0.4 is 5.14 Å². The fraction of sp³-hybridized carbons (Fsp3) is 1.00. The lowest BCUT2D eigenvalue weighted by molar-refractivity contribution is -0.120. The van der Waals surface area contributed by atoms with Crippen LogP contribution in [-0.4, -0.2) is 34.2 Å². The maximum absolute atomic E-state index is 10.6. The van der Waals surface area contributed by atoms with Crippen LogP contribution in [0.4, 0.5) is 0 Å². The molecule has 1 rings (SSSR count). The molecule has 66 valence electrons. The minimum Gasteiger partial charge on any atom is -0.355 e. The Hall–Kier alpha value is -0.170. The molecule has 2 N–H and O–H groups in total. The van der Waals surface area contributed by atoms with E-state index in [-0.39, 0.29) is 18.5 Å². The molecule has 5 nitrogen and oxygen atoms in total. The van der Waals surface area contributed by atoms with Gasteiger partial charge in [0.25, 0.3) is 0 Å². The molecule has 0 aliphatic carbocycles. The summed E-state index contributed by atoms with van der Waals surface area (Å²) in [5.74, 6) is -0.175. The molecule has 0 aromatic carbocycles. The van der Waals surface area contributed by atoms with E-state index in [1.165, 1.54) is 0 Å². The third kappa shape index (κ3) is 3.66. The van der Waals surface area contributed by atoms with Crippen molar-refractivity contribution >= 4 is 10.0 Å². The van der Waals surface area contributed by atoms with Crippen molar-refractivity contribution in [3.8, 4) is 0 Å². The van der Waals surface area contributed by atoms with Crippen molar-refractivity contribution in [3.63, 3.8) is 0 Å². The van der Waals surface area contributed by atoms with E-state index in [0.717, 1.165) is 0 Å². The Bertz CT molecular complexity index is 207. The second-order valence-corrected chi connectivity index (χ2v) is 4.21. The number of sulfonamides is 1. The molecule has 0 atom stereocenters. The summed E-state index contributed by atoms with van der Waals surface area (Å²) < 4.78 is 30.9. The summed E-state index contributed by atoms with van der Waals surface area (Å²) in [6, 6.07) is 0. The Balaban J connectivity index is 2.36. The van der Waals surface area contributed by atoms with Gasteiger partial charge >= 0.3 is 0 Å². The molecule has 0 saturated carbocycles. The van der Waals surface area contributed by atoms with Crippen molar-refractivity contribution < 1.29 is 17.9 Å². The van der Waals surface area contributed by atoms with Gasteiger partial charge in [0, 0.05) is 5.92 Å². The Morgan fingerprint density at radius 2 is 1.91 bits per heavy atom. The maximum Gasteiger partial charge on any atom is 0.209 e. The van der Waals surface area contributed by atoms with Crippen LogP contribution in [0.1, 0.15) is 0 Å². The van der Waals surface area contributed by atoms with E-state index in [0.29, 0.717) is 13.2 Å². The van der Waals surface area contributed by atoms with E-state index in [2.05, 4.69) is 0 Å². The molecule has 0 spiro atoms. The molecule has 0 amide bonds. The highest BCUT2D eigenvalue weighted by atomic mass is 32.2. The predicted molar refractivity (Wildman–Crippen MR) is 38.2 cm³/mol. The molecule has 0 aromatic heterocycles. The Morgan fingerprint density at radius 1 is 1.36 bits per heavy atom. The van der Waals surface area contributed by atoms with Crippen molar-refractivity contribution in [1.29, 1.82) is 0 Å². The van der Waals surface area contributed by atoms with Gasteiger partial charge < -0.3 is 9.47 Å². The number of rotatable bonds is 2. The summed E-state index contributed by atoms with van der Waals surface area (Å²) in [5.41, 5.74) is 0. The summed E-state index contributed by atoms with van der Waals surface area (Å²) in [5, 5.41) is 4.83. The molecule has 1 fully saturated rings. The van der Waals surface area contributed by atoms with Gasteiger partial charge in [-0.1, -0.05) is 0 Å². The smallest absolute Gasteiger partial charge is 0.209 e. The fourth-order valence-electron chi connectivity index (χ4n) is 0.961. The predicted octanol–water partition coefficient (Wildman–Crippen LogP) is -1.10. The lowest BCUT2D eigenvalue weighted by Gasteiger charge is -2.20. The van der Waals surface area contributed by atoms with Crippen molar-refractivity contribution in [2.24, 2.45) is 11.1 Å². The lowest BCUT2D eigenvalue weighted by Crippen LogP contribution is -2.32. The first-order chi connectivity index (χ1) is 5.08. The van der Waals surface area contributed by atoms with E-state index in [9.17, 15) is 8.42 Å². The first-order valence-corrected chi connectivity index (χ1v) is 4.95. The molecule has 0 bridgehead atoms. The molecule has 0 aromatic rings. The second-order valence-electron chi connectivity index (χ2n) is 2.55. The van der Waals surface area contributed by atoms with Gasteiger partial charge in [-0.25, -0.2) is 13.6 Å². The minimum absolute atomic E-state index is 0.0625. The van der Waals surface area contributed by atoms with Gasteiger partial charge in [-0.3, -0.25) is 0 Å². The van der Waals surface area contributed by atoms with Crippen LogP contribution in [0.3, 0.4) is 0 Å². The Morgan fingerprint density at radius 3 is 2.36 bits per heavy atom. The molecule has 1 saturated heterocycles. The quantitative estimate of drug-likeness (QED) is 0.586. The zero-order chi connectivity index (χ0) is 8.32. The van der Waals surface area contributed by atoms with Gasteiger partial charge in [-0.2, -0.15) is 0 Å². The van der Waals surface area contributed by atoms with Gasteiger partial charge in [0.15, 0.2) is 0 Å². The van der Waals surface area contributed by atoms with Crippen LogP contribution in [0.25, 0.3) is 0 Å². The lowest BCUT2D eigenvalue weighted by atomic mass is 10.2.